The van der Waals surface area contributed by atoms with Gasteiger partial charge in [-0.3, -0.25) is 9.36 Å². The lowest BCUT2D eigenvalue weighted by Gasteiger charge is -2.05. The van der Waals surface area contributed by atoms with Crippen LogP contribution in [-0.4, -0.2) is 25.2 Å². The van der Waals surface area contributed by atoms with E-state index >= 15 is 0 Å². The highest BCUT2D eigenvalue weighted by molar-refractivity contribution is 6.03. The summed E-state index contributed by atoms with van der Waals surface area (Å²) >= 11 is 0. The first kappa shape index (κ1) is 16.4. The molecule has 126 valence electrons. The van der Waals surface area contributed by atoms with E-state index in [2.05, 4.69) is 4.98 Å². The van der Waals surface area contributed by atoms with Crippen molar-refractivity contribution in [2.45, 2.75) is 0 Å². The molecule has 0 unspecified atom stereocenters. The Hall–Kier alpha value is -3.48. The fourth-order valence-electron chi connectivity index (χ4n) is 2.58. The van der Waals surface area contributed by atoms with Gasteiger partial charge >= 0.3 is 11.7 Å². The number of hydrogen-bond acceptors (Lipinski definition) is 4. The highest BCUT2D eigenvalue weighted by atomic mass is 16.4. The number of benzene rings is 1. The Morgan fingerprint density at radius 2 is 1.88 bits per heavy atom. The van der Waals surface area contributed by atoms with E-state index in [1.54, 1.807) is 37.4 Å². The smallest absolute Gasteiger partial charge is 0.336 e. The molecule has 0 saturated carbocycles. The number of aromatic nitrogens is 3. The highest BCUT2D eigenvalue weighted by Gasteiger charge is 2.10. The number of para-hydroxylation sites is 1. The number of aryl methyl sites for hydroxylation is 1. The summed E-state index contributed by atoms with van der Waals surface area (Å²) in [6.07, 6.45) is 4.50. The molecule has 1 N–H and O–H groups in total. The lowest BCUT2D eigenvalue weighted by atomic mass is 10.1. The summed E-state index contributed by atoms with van der Waals surface area (Å²) in [5, 5.41) is 9.94. The normalized spacial score (nSPS) is 11.3. The maximum atomic E-state index is 12.1. The third-order valence-corrected chi connectivity index (χ3v) is 3.87. The van der Waals surface area contributed by atoms with Crippen LogP contribution in [0.15, 0.2) is 46.1 Å². The van der Waals surface area contributed by atoms with Crippen LogP contribution in [0.2, 0.25) is 0 Å². The summed E-state index contributed by atoms with van der Waals surface area (Å²) in [6, 6.07) is 8.40. The van der Waals surface area contributed by atoms with Gasteiger partial charge < -0.3 is 9.67 Å². The molecular weight excluding hydrogens is 322 g/mol. The van der Waals surface area contributed by atoms with E-state index in [1.807, 2.05) is 0 Å². The van der Waals surface area contributed by atoms with E-state index in [0.717, 1.165) is 4.57 Å². The minimum Gasteiger partial charge on any atom is -0.478 e. The van der Waals surface area contributed by atoms with Crippen LogP contribution in [0, 0.1) is 0 Å². The summed E-state index contributed by atoms with van der Waals surface area (Å²) in [6.45, 7) is 0. The number of hydrogen-bond donors (Lipinski definition) is 1. The molecule has 0 fully saturated rings. The summed E-state index contributed by atoms with van der Waals surface area (Å²) < 4.78 is 2.31. The molecule has 0 bridgehead atoms. The molecule has 7 nitrogen and oxygen atoms in total. The number of carboxylic acids is 1. The molecule has 2 aromatic heterocycles. The predicted molar refractivity (Wildman–Crippen MR) is 94.6 cm³/mol. The van der Waals surface area contributed by atoms with Gasteiger partial charge in [-0.15, -0.1) is 0 Å². The molecule has 0 aliphatic carbocycles. The van der Waals surface area contributed by atoms with Gasteiger partial charge in [0.1, 0.15) is 0 Å². The number of rotatable bonds is 3. The van der Waals surface area contributed by atoms with E-state index in [9.17, 15) is 19.5 Å². The average Bonchev–Trinajstić information content (AvgIpc) is 2.61. The van der Waals surface area contributed by atoms with E-state index in [-0.39, 0.29) is 5.56 Å². The molecule has 25 heavy (non-hydrogen) atoms. The van der Waals surface area contributed by atoms with Crippen LogP contribution in [-0.2, 0) is 14.1 Å². The first-order chi connectivity index (χ1) is 11.9. The molecule has 7 heteroatoms. The third kappa shape index (κ3) is 2.99. The molecule has 0 spiro atoms. The molecule has 3 rings (SSSR count). The van der Waals surface area contributed by atoms with Crippen molar-refractivity contribution in [2.24, 2.45) is 14.1 Å². The van der Waals surface area contributed by atoms with Crippen LogP contribution in [0.3, 0.4) is 0 Å². The third-order valence-electron chi connectivity index (χ3n) is 3.87. The van der Waals surface area contributed by atoms with Crippen LogP contribution in [0.4, 0.5) is 0 Å². The standard InChI is InChI=1S/C18H15N3O4/c1-20-10-11(16(22)21(2)18(20)25)7-8-12-9-14(17(23)24)13-5-3-4-6-15(13)19-12/h3-10H,1-2H3,(H,23,24). The Morgan fingerprint density at radius 1 is 1.16 bits per heavy atom. The fourth-order valence-corrected chi connectivity index (χ4v) is 2.58. The number of carbonyl (C=O) groups is 1. The summed E-state index contributed by atoms with van der Waals surface area (Å²) in [5.41, 5.74) is 0.551. The zero-order chi connectivity index (χ0) is 18.1. The number of fused-ring (bicyclic) bond motifs is 1. The number of aromatic carboxylic acids is 1. The van der Waals surface area contributed by atoms with Gasteiger partial charge in [-0.25, -0.2) is 14.6 Å². The van der Waals surface area contributed by atoms with Gasteiger partial charge in [-0.05, 0) is 24.3 Å². The first-order valence-corrected chi connectivity index (χ1v) is 7.46. The quantitative estimate of drug-likeness (QED) is 0.781. The Morgan fingerprint density at radius 3 is 2.60 bits per heavy atom. The van der Waals surface area contributed by atoms with E-state index < -0.39 is 17.2 Å². The van der Waals surface area contributed by atoms with Crippen molar-refractivity contribution in [3.05, 3.63) is 74.2 Å². The van der Waals surface area contributed by atoms with Gasteiger partial charge in [-0.1, -0.05) is 18.2 Å². The van der Waals surface area contributed by atoms with Crippen molar-refractivity contribution in [3.63, 3.8) is 0 Å². The molecule has 0 aliphatic rings. The van der Waals surface area contributed by atoms with E-state index in [4.69, 9.17) is 0 Å². The molecule has 0 amide bonds. The Bertz CT molecular complexity index is 1140. The van der Waals surface area contributed by atoms with Gasteiger partial charge in [0.2, 0.25) is 0 Å². The minimum absolute atomic E-state index is 0.138. The molecule has 3 aromatic rings. The number of nitrogens with zero attached hydrogens (tertiary/aromatic N) is 3. The Kier molecular flexibility index (Phi) is 4.06. The molecule has 2 heterocycles. The van der Waals surface area contributed by atoms with Gasteiger partial charge in [-0.2, -0.15) is 0 Å². The van der Waals surface area contributed by atoms with Crippen LogP contribution >= 0.6 is 0 Å². The SMILES string of the molecule is Cn1cc(C=Cc2cc(C(=O)O)c3ccccc3n2)c(=O)n(C)c1=O. The second-order valence-electron chi connectivity index (χ2n) is 5.59. The second-order valence-corrected chi connectivity index (χ2v) is 5.59. The van der Waals surface area contributed by atoms with Crippen molar-refractivity contribution in [3.8, 4) is 0 Å². The molecule has 1 aromatic carbocycles. The van der Waals surface area contributed by atoms with Crippen LogP contribution in [0.25, 0.3) is 23.1 Å². The minimum atomic E-state index is -1.05. The molecular formula is C18H15N3O4. The van der Waals surface area contributed by atoms with Crippen LogP contribution in [0.1, 0.15) is 21.6 Å². The average molecular weight is 337 g/mol. The van der Waals surface area contributed by atoms with Crippen LogP contribution < -0.4 is 11.2 Å². The van der Waals surface area contributed by atoms with Crippen molar-refractivity contribution in [1.82, 2.24) is 14.1 Å². The van der Waals surface area contributed by atoms with Gasteiger partial charge in [0.05, 0.1) is 22.3 Å². The Labute approximate surface area is 142 Å². The zero-order valence-electron chi connectivity index (χ0n) is 13.6. The van der Waals surface area contributed by atoms with Gasteiger partial charge in [0.25, 0.3) is 5.56 Å². The summed E-state index contributed by atoms with van der Waals surface area (Å²) in [7, 11) is 2.95. The van der Waals surface area contributed by atoms with Crippen molar-refractivity contribution >= 4 is 29.0 Å². The second kappa shape index (κ2) is 6.20. The van der Waals surface area contributed by atoms with Crippen molar-refractivity contribution in [1.29, 1.82) is 0 Å². The maximum Gasteiger partial charge on any atom is 0.336 e. The fraction of sp³-hybridized carbons (Fsp3) is 0.111. The van der Waals surface area contributed by atoms with Gasteiger partial charge in [0, 0.05) is 25.7 Å². The highest BCUT2D eigenvalue weighted by Crippen LogP contribution is 2.19. The predicted octanol–water partition coefficient (Wildman–Crippen LogP) is 1.50. The topological polar surface area (TPSA) is 94.2 Å². The lowest BCUT2D eigenvalue weighted by Crippen LogP contribution is -2.37. The maximum absolute atomic E-state index is 12.1. The largest absolute Gasteiger partial charge is 0.478 e. The molecule has 0 radical (unpaired) electrons. The number of pyridine rings is 1. The summed E-state index contributed by atoms with van der Waals surface area (Å²) in [5.74, 6) is -1.05. The van der Waals surface area contributed by atoms with Crippen LogP contribution in [0.5, 0.6) is 0 Å². The summed E-state index contributed by atoms with van der Waals surface area (Å²) in [4.78, 5) is 39.7. The number of carboxylic acid groups (broad SMARTS) is 1. The molecule has 0 saturated heterocycles. The monoisotopic (exact) mass is 337 g/mol. The van der Waals surface area contributed by atoms with Crippen molar-refractivity contribution in [2.75, 3.05) is 0 Å². The Balaban J connectivity index is 2.13. The molecule has 0 aliphatic heterocycles. The molecule has 0 atom stereocenters. The lowest BCUT2D eigenvalue weighted by molar-refractivity contribution is 0.0699. The first-order valence-electron chi connectivity index (χ1n) is 7.46. The zero-order valence-corrected chi connectivity index (χ0v) is 13.6. The van der Waals surface area contributed by atoms with Gasteiger partial charge in [0.15, 0.2) is 0 Å². The van der Waals surface area contributed by atoms with E-state index in [0.29, 0.717) is 22.2 Å². The van der Waals surface area contributed by atoms with E-state index in [1.165, 1.54) is 30.0 Å². The van der Waals surface area contributed by atoms with Crippen molar-refractivity contribution < 1.29 is 9.90 Å².